The third-order valence-corrected chi connectivity index (χ3v) is 1.99. The molecule has 1 aromatic carbocycles. The SMILES string of the molecule is N=NCc1ccnc2ccccc12. The van der Waals surface area contributed by atoms with Gasteiger partial charge in [0.15, 0.2) is 0 Å². The Morgan fingerprint density at radius 1 is 1.23 bits per heavy atom. The van der Waals surface area contributed by atoms with Crippen molar-refractivity contribution in [2.45, 2.75) is 6.54 Å². The number of hydrogen-bond donors (Lipinski definition) is 1. The third-order valence-electron chi connectivity index (χ3n) is 1.99. The summed E-state index contributed by atoms with van der Waals surface area (Å²) in [6, 6.07) is 9.79. The smallest absolute Gasteiger partial charge is 0.0853 e. The lowest BCUT2D eigenvalue weighted by atomic mass is 10.1. The van der Waals surface area contributed by atoms with Crippen molar-refractivity contribution in [3.05, 3.63) is 42.1 Å². The van der Waals surface area contributed by atoms with Crippen LogP contribution < -0.4 is 0 Å². The van der Waals surface area contributed by atoms with Crippen LogP contribution in [0, 0.1) is 5.53 Å². The molecule has 64 valence electrons. The molecule has 0 radical (unpaired) electrons. The zero-order valence-electron chi connectivity index (χ0n) is 7.07. The molecule has 0 spiro atoms. The summed E-state index contributed by atoms with van der Waals surface area (Å²) in [5, 5.41) is 4.46. The van der Waals surface area contributed by atoms with Crippen LogP contribution in [0.2, 0.25) is 0 Å². The number of nitrogens with zero attached hydrogens (tertiary/aromatic N) is 2. The first-order chi connectivity index (χ1) is 6.42. The molecule has 0 aliphatic rings. The summed E-state index contributed by atoms with van der Waals surface area (Å²) < 4.78 is 0. The Kier molecular flexibility index (Phi) is 2.00. The predicted octanol–water partition coefficient (Wildman–Crippen LogP) is 2.77. The van der Waals surface area contributed by atoms with Crippen molar-refractivity contribution in [1.29, 1.82) is 5.53 Å². The molecule has 1 aromatic heterocycles. The van der Waals surface area contributed by atoms with E-state index in [1.807, 2.05) is 30.3 Å². The van der Waals surface area contributed by atoms with E-state index in [9.17, 15) is 0 Å². The number of nitrogens with one attached hydrogen (secondary N) is 1. The van der Waals surface area contributed by atoms with E-state index in [1.54, 1.807) is 6.20 Å². The van der Waals surface area contributed by atoms with Crippen molar-refractivity contribution in [2.24, 2.45) is 5.11 Å². The number of pyridine rings is 1. The van der Waals surface area contributed by atoms with Crippen LogP contribution in [-0.2, 0) is 6.54 Å². The number of para-hydroxylation sites is 1. The molecule has 0 amide bonds. The van der Waals surface area contributed by atoms with Gasteiger partial charge in [-0.15, -0.1) is 0 Å². The molecule has 3 nitrogen and oxygen atoms in total. The number of fused-ring (bicyclic) bond motifs is 1. The van der Waals surface area contributed by atoms with E-state index in [4.69, 9.17) is 5.53 Å². The standard InChI is InChI=1S/C10H9N3/c11-13-7-8-5-6-12-10-4-2-1-3-9(8)10/h1-6,11H,7H2. The maximum Gasteiger partial charge on any atom is 0.0853 e. The summed E-state index contributed by atoms with van der Waals surface area (Å²) in [4.78, 5) is 4.22. The normalized spacial score (nSPS) is 10.2. The van der Waals surface area contributed by atoms with Gasteiger partial charge in [0.05, 0.1) is 12.1 Å². The first-order valence-corrected chi connectivity index (χ1v) is 4.07. The van der Waals surface area contributed by atoms with Crippen LogP contribution in [0.4, 0.5) is 0 Å². The average Bonchev–Trinajstić information content (AvgIpc) is 2.19. The Morgan fingerprint density at radius 3 is 2.92 bits per heavy atom. The van der Waals surface area contributed by atoms with E-state index >= 15 is 0 Å². The molecule has 0 aliphatic carbocycles. The Bertz CT molecular complexity index is 432. The average molecular weight is 171 g/mol. The topological polar surface area (TPSA) is 49.1 Å². The highest BCUT2D eigenvalue weighted by Gasteiger charge is 1.98. The zero-order valence-corrected chi connectivity index (χ0v) is 7.07. The lowest BCUT2D eigenvalue weighted by Gasteiger charge is -2.00. The fourth-order valence-corrected chi connectivity index (χ4v) is 1.38. The highest BCUT2D eigenvalue weighted by atomic mass is 14.9. The molecule has 0 unspecified atom stereocenters. The molecule has 1 N–H and O–H groups in total. The second-order valence-electron chi connectivity index (χ2n) is 2.80. The third kappa shape index (κ3) is 1.40. The molecule has 13 heavy (non-hydrogen) atoms. The van der Waals surface area contributed by atoms with Crippen LogP contribution in [0.5, 0.6) is 0 Å². The van der Waals surface area contributed by atoms with Gasteiger partial charge in [0.1, 0.15) is 0 Å². The van der Waals surface area contributed by atoms with E-state index in [0.29, 0.717) is 6.54 Å². The van der Waals surface area contributed by atoms with Gasteiger partial charge in [0.25, 0.3) is 0 Å². The van der Waals surface area contributed by atoms with Crippen LogP contribution in [-0.4, -0.2) is 4.98 Å². The van der Waals surface area contributed by atoms with Crippen molar-refractivity contribution >= 4 is 10.9 Å². The Labute approximate surface area is 75.9 Å². The minimum absolute atomic E-state index is 0.434. The van der Waals surface area contributed by atoms with Gasteiger partial charge in [-0.2, -0.15) is 5.11 Å². The van der Waals surface area contributed by atoms with Crippen LogP contribution in [0.3, 0.4) is 0 Å². The highest BCUT2D eigenvalue weighted by Crippen LogP contribution is 2.16. The lowest BCUT2D eigenvalue weighted by Crippen LogP contribution is -1.85. The van der Waals surface area contributed by atoms with E-state index in [0.717, 1.165) is 16.5 Å². The molecule has 0 fully saturated rings. The van der Waals surface area contributed by atoms with Crippen LogP contribution in [0.25, 0.3) is 10.9 Å². The van der Waals surface area contributed by atoms with Crippen LogP contribution in [0.1, 0.15) is 5.56 Å². The lowest BCUT2D eigenvalue weighted by molar-refractivity contribution is 0.913. The number of rotatable bonds is 2. The molecular weight excluding hydrogens is 162 g/mol. The number of benzene rings is 1. The fraction of sp³-hybridized carbons (Fsp3) is 0.100. The van der Waals surface area contributed by atoms with Crippen LogP contribution >= 0.6 is 0 Å². The van der Waals surface area contributed by atoms with Gasteiger partial charge >= 0.3 is 0 Å². The summed E-state index contributed by atoms with van der Waals surface area (Å²) in [5.41, 5.74) is 8.84. The van der Waals surface area contributed by atoms with Crippen molar-refractivity contribution in [3.8, 4) is 0 Å². The summed E-state index contributed by atoms with van der Waals surface area (Å²) >= 11 is 0. The molecule has 0 atom stereocenters. The van der Waals surface area contributed by atoms with E-state index in [2.05, 4.69) is 10.1 Å². The zero-order chi connectivity index (χ0) is 9.10. The van der Waals surface area contributed by atoms with Gasteiger partial charge in [-0.05, 0) is 17.7 Å². The quantitative estimate of drug-likeness (QED) is 0.694. The Hall–Kier alpha value is -1.77. The number of hydrogen-bond acceptors (Lipinski definition) is 3. The summed E-state index contributed by atoms with van der Waals surface area (Å²) in [6.45, 7) is 0.434. The molecule has 2 aromatic rings. The molecule has 0 saturated heterocycles. The van der Waals surface area contributed by atoms with Crippen molar-refractivity contribution in [1.82, 2.24) is 4.98 Å². The van der Waals surface area contributed by atoms with Crippen molar-refractivity contribution in [2.75, 3.05) is 0 Å². The van der Waals surface area contributed by atoms with Gasteiger partial charge in [-0.3, -0.25) is 4.98 Å². The van der Waals surface area contributed by atoms with Gasteiger partial charge in [0, 0.05) is 11.6 Å². The first kappa shape index (κ1) is 7.86. The molecule has 2 rings (SSSR count). The van der Waals surface area contributed by atoms with Gasteiger partial charge in [0.2, 0.25) is 0 Å². The minimum Gasteiger partial charge on any atom is -0.256 e. The van der Waals surface area contributed by atoms with Crippen LogP contribution in [0.15, 0.2) is 41.6 Å². The van der Waals surface area contributed by atoms with E-state index in [-0.39, 0.29) is 0 Å². The van der Waals surface area contributed by atoms with E-state index in [1.165, 1.54) is 0 Å². The van der Waals surface area contributed by atoms with Crippen molar-refractivity contribution < 1.29 is 0 Å². The Morgan fingerprint density at radius 2 is 2.08 bits per heavy atom. The molecule has 0 aliphatic heterocycles. The minimum atomic E-state index is 0.434. The van der Waals surface area contributed by atoms with Crippen molar-refractivity contribution in [3.63, 3.8) is 0 Å². The molecule has 3 heteroatoms. The molecular formula is C10H9N3. The number of aromatic nitrogens is 1. The summed E-state index contributed by atoms with van der Waals surface area (Å²) in [7, 11) is 0. The molecule has 1 heterocycles. The summed E-state index contributed by atoms with van der Waals surface area (Å²) in [6.07, 6.45) is 1.75. The maximum atomic E-state index is 6.82. The Balaban J connectivity index is 2.68. The van der Waals surface area contributed by atoms with Gasteiger partial charge < -0.3 is 0 Å². The second kappa shape index (κ2) is 3.31. The largest absolute Gasteiger partial charge is 0.256 e. The highest BCUT2D eigenvalue weighted by molar-refractivity contribution is 5.81. The fourth-order valence-electron chi connectivity index (χ4n) is 1.38. The van der Waals surface area contributed by atoms with Gasteiger partial charge in [-0.25, -0.2) is 5.53 Å². The molecule has 0 bridgehead atoms. The monoisotopic (exact) mass is 171 g/mol. The second-order valence-corrected chi connectivity index (χ2v) is 2.80. The summed E-state index contributed by atoms with van der Waals surface area (Å²) in [5.74, 6) is 0. The first-order valence-electron chi connectivity index (χ1n) is 4.07. The maximum absolute atomic E-state index is 6.82. The van der Waals surface area contributed by atoms with E-state index < -0.39 is 0 Å². The molecule has 0 saturated carbocycles. The van der Waals surface area contributed by atoms with Gasteiger partial charge in [-0.1, -0.05) is 18.2 Å². The predicted molar refractivity (Wildman–Crippen MR) is 50.6 cm³/mol.